The number of ether oxygens (including phenoxy) is 1. The van der Waals surface area contributed by atoms with Crippen LogP contribution in [0, 0.1) is 10.1 Å². The van der Waals surface area contributed by atoms with E-state index in [2.05, 4.69) is 0 Å². The monoisotopic (exact) mass is 460 g/mol. The van der Waals surface area contributed by atoms with Crippen LogP contribution in [0.3, 0.4) is 0 Å². The maximum Gasteiger partial charge on any atom is 0.336 e. The summed E-state index contributed by atoms with van der Waals surface area (Å²) in [7, 11) is -3.87. The number of nitro benzene ring substituents is 1. The summed E-state index contributed by atoms with van der Waals surface area (Å²) in [5, 5.41) is 12.4. The molecule has 9 nitrogen and oxygen atoms in total. The molecule has 3 rings (SSSR count). The molecule has 0 amide bonds. The fraction of sp³-hybridized carbons (Fsp3) is 0.318. The second-order valence-corrected chi connectivity index (χ2v) is 9.35. The minimum absolute atomic E-state index is 0.0924. The fourth-order valence-corrected chi connectivity index (χ4v) is 4.91. The zero-order valence-electron chi connectivity index (χ0n) is 18.2. The summed E-state index contributed by atoms with van der Waals surface area (Å²) >= 11 is 0. The molecule has 0 fully saturated rings. The van der Waals surface area contributed by atoms with Crippen LogP contribution in [0.15, 0.2) is 56.6 Å². The molecule has 10 heteroatoms. The van der Waals surface area contributed by atoms with Crippen LogP contribution in [0.1, 0.15) is 39.2 Å². The molecule has 2 aromatic carbocycles. The predicted molar refractivity (Wildman–Crippen MR) is 120 cm³/mol. The van der Waals surface area contributed by atoms with E-state index in [9.17, 15) is 23.3 Å². The second kappa shape index (κ2) is 9.09. The molecule has 0 saturated heterocycles. The molecule has 0 radical (unpaired) electrons. The van der Waals surface area contributed by atoms with Crippen LogP contribution in [-0.4, -0.2) is 30.7 Å². The molecular formula is C22H24N2O7S. The Morgan fingerprint density at radius 1 is 1.09 bits per heavy atom. The van der Waals surface area contributed by atoms with Crippen molar-refractivity contribution in [1.29, 1.82) is 0 Å². The zero-order valence-corrected chi connectivity index (χ0v) is 19.0. The quantitative estimate of drug-likeness (QED) is 0.273. The van der Waals surface area contributed by atoms with Crippen LogP contribution in [0.25, 0.3) is 11.0 Å². The van der Waals surface area contributed by atoms with Crippen LogP contribution in [0.4, 0.5) is 5.69 Å². The molecule has 3 aromatic rings. The lowest BCUT2D eigenvalue weighted by atomic mass is 10.00. The van der Waals surface area contributed by atoms with Gasteiger partial charge in [-0.1, -0.05) is 27.7 Å². The van der Waals surface area contributed by atoms with Gasteiger partial charge in [0.15, 0.2) is 0 Å². The first-order chi connectivity index (χ1) is 15.1. The summed E-state index contributed by atoms with van der Waals surface area (Å²) < 4.78 is 37.6. The van der Waals surface area contributed by atoms with Gasteiger partial charge in [-0.15, -0.1) is 0 Å². The van der Waals surface area contributed by atoms with Crippen LogP contribution >= 0.6 is 0 Å². The Bertz CT molecular complexity index is 1330. The number of nitro groups is 1. The number of sulfonamides is 1. The van der Waals surface area contributed by atoms with E-state index < -0.39 is 26.3 Å². The first kappa shape index (κ1) is 23.4. The molecule has 0 saturated carbocycles. The average Bonchev–Trinajstić information content (AvgIpc) is 2.73. The van der Waals surface area contributed by atoms with E-state index in [1.807, 2.05) is 13.8 Å². The summed E-state index contributed by atoms with van der Waals surface area (Å²) in [6.07, 6.45) is 0. The van der Waals surface area contributed by atoms with Crippen LogP contribution in [-0.2, 0) is 10.0 Å². The molecular weight excluding hydrogens is 436 g/mol. The second-order valence-electron chi connectivity index (χ2n) is 7.41. The first-order valence-electron chi connectivity index (χ1n) is 10.1. The fourth-order valence-electron chi connectivity index (χ4n) is 3.44. The van der Waals surface area contributed by atoms with Gasteiger partial charge in [0.1, 0.15) is 11.3 Å². The number of hydrogen-bond acceptors (Lipinski definition) is 7. The zero-order chi connectivity index (χ0) is 23.6. The van der Waals surface area contributed by atoms with Gasteiger partial charge in [0.05, 0.1) is 9.82 Å². The van der Waals surface area contributed by atoms with Crippen LogP contribution < -0.4 is 10.4 Å². The Kier molecular flexibility index (Phi) is 6.65. The number of fused-ring (bicyclic) bond motifs is 1. The summed E-state index contributed by atoms with van der Waals surface area (Å²) in [6, 6.07) is 9.75. The van der Waals surface area contributed by atoms with Gasteiger partial charge in [0, 0.05) is 36.7 Å². The van der Waals surface area contributed by atoms with Gasteiger partial charge in [-0.25, -0.2) is 13.2 Å². The molecule has 0 aliphatic heterocycles. The summed E-state index contributed by atoms with van der Waals surface area (Å²) in [5.41, 5.74) is 0.118. The number of benzene rings is 2. The minimum Gasteiger partial charge on any atom is -0.450 e. The summed E-state index contributed by atoms with van der Waals surface area (Å²) in [5.74, 6) is 0.175. The highest BCUT2D eigenvalue weighted by atomic mass is 32.2. The molecule has 0 aliphatic carbocycles. The van der Waals surface area contributed by atoms with Gasteiger partial charge in [-0.2, -0.15) is 4.31 Å². The van der Waals surface area contributed by atoms with Crippen molar-refractivity contribution in [2.45, 2.75) is 38.5 Å². The van der Waals surface area contributed by atoms with Crippen molar-refractivity contribution in [1.82, 2.24) is 4.31 Å². The van der Waals surface area contributed by atoms with Crippen molar-refractivity contribution in [2.24, 2.45) is 0 Å². The Labute approximate surface area is 185 Å². The third kappa shape index (κ3) is 4.51. The van der Waals surface area contributed by atoms with Crippen molar-refractivity contribution in [3.05, 3.63) is 68.6 Å². The number of nitrogens with zero attached hydrogens (tertiary/aromatic N) is 2. The molecule has 1 heterocycles. The standard InChI is InChI=1S/C22H24N2O7S/c1-5-23(6-2)32(28,29)16-8-10-20(19(12-16)24(26)27)30-15-7-9-17-18(14(3)4)13-22(25)31-21(17)11-15/h7-14H,5-6H2,1-4H3. The maximum atomic E-state index is 12.7. The predicted octanol–water partition coefficient (Wildman–Crippen LogP) is 4.65. The van der Waals surface area contributed by atoms with Crippen molar-refractivity contribution in [3.63, 3.8) is 0 Å². The lowest BCUT2D eigenvalue weighted by molar-refractivity contribution is -0.385. The molecule has 1 aromatic heterocycles. The highest BCUT2D eigenvalue weighted by Crippen LogP contribution is 2.35. The van der Waals surface area contributed by atoms with Crippen LogP contribution in [0.2, 0.25) is 0 Å². The van der Waals surface area contributed by atoms with Crippen molar-refractivity contribution >= 4 is 26.7 Å². The van der Waals surface area contributed by atoms with E-state index in [0.29, 0.717) is 5.58 Å². The minimum atomic E-state index is -3.87. The summed E-state index contributed by atoms with van der Waals surface area (Å²) in [4.78, 5) is 22.6. The van der Waals surface area contributed by atoms with Crippen molar-refractivity contribution < 1.29 is 22.5 Å². The van der Waals surface area contributed by atoms with E-state index >= 15 is 0 Å². The SMILES string of the molecule is CCN(CC)S(=O)(=O)c1ccc(Oc2ccc3c(C(C)C)cc(=O)oc3c2)c([N+](=O)[O-])c1. The van der Waals surface area contributed by atoms with E-state index in [0.717, 1.165) is 17.0 Å². The van der Waals surface area contributed by atoms with Gasteiger partial charge < -0.3 is 9.15 Å². The molecule has 0 bridgehead atoms. The molecule has 0 aliphatic rings. The number of rotatable bonds is 8. The van der Waals surface area contributed by atoms with E-state index in [1.165, 1.54) is 28.6 Å². The average molecular weight is 461 g/mol. The smallest absolute Gasteiger partial charge is 0.336 e. The van der Waals surface area contributed by atoms with Gasteiger partial charge in [-0.3, -0.25) is 10.1 Å². The highest BCUT2D eigenvalue weighted by Gasteiger charge is 2.26. The molecule has 0 N–H and O–H groups in total. The van der Waals surface area contributed by atoms with E-state index in [4.69, 9.17) is 9.15 Å². The molecule has 0 spiro atoms. The van der Waals surface area contributed by atoms with Gasteiger partial charge in [-0.05, 0) is 35.7 Å². The lowest BCUT2D eigenvalue weighted by Gasteiger charge is -2.18. The van der Waals surface area contributed by atoms with Gasteiger partial charge >= 0.3 is 11.3 Å². The van der Waals surface area contributed by atoms with E-state index in [1.54, 1.807) is 26.0 Å². The van der Waals surface area contributed by atoms with Crippen molar-refractivity contribution in [2.75, 3.05) is 13.1 Å². The van der Waals surface area contributed by atoms with Crippen molar-refractivity contribution in [3.8, 4) is 11.5 Å². The van der Waals surface area contributed by atoms with E-state index in [-0.39, 0.29) is 35.4 Å². The Hall–Kier alpha value is -3.24. The summed E-state index contributed by atoms with van der Waals surface area (Å²) in [6.45, 7) is 7.77. The van der Waals surface area contributed by atoms with Crippen LogP contribution in [0.5, 0.6) is 11.5 Å². The Morgan fingerprint density at radius 3 is 2.38 bits per heavy atom. The highest BCUT2D eigenvalue weighted by molar-refractivity contribution is 7.89. The first-order valence-corrected chi connectivity index (χ1v) is 11.6. The molecule has 0 atom stereocenters. The largest absolute Gasteiger partial charge is 0.450 e. The molecule has 170 valence electrons. The third-order valence-corrected chi connectivity index (χ3v) is 7.11. The third-order valence-electron chi connectivity index (χ3n) is 5.07. The lowest BCUT2D eigenvalue weighted by Crippen LogP contribution is -2.30. The Morgan fingerprint density at radius 2 is 1.78 bits per heavy atom. The topological polar surface area (TPSA) is 120 Å². The van der Waals surface area contributed by atoms with Gasteiger partial charge in [0.2, 0.25) is 15.8 Å². The Balaban J connectivity index is 2.05. The maximum absolute atomic E-state index is 12.7. The molecule has 32 heavy (non-hydrogen) atoms. The van der Waals surface area contributed by atoms with Gasteiger partial charge in [0.25, 0.3) is 0 Å². The molecule has 0 unspecified atom stereocenters. The number of hydrogen-bond donors (Lipinski definition) is 0. The normalized spacial score (nSPS) is 11.9.